The Morgan fingerprint density at radius 1 is 0.423 bits per heavy atom. The van der Waals surface area contributed by atoms with Crippen molar-refractivity contribution in [1.29, 1.82) is 0 Å². The van der Waals surface area contributed by atoms with E-state index in [4.69, 9.17) is 23.4 Å². The number of aryl methyl sites for hydroxylation is 4. The molecule has 6 fully saturated rings. The van der Waals surface area contributed by atoms with Gasteiger partial charge >= 0.3 is 0 Å². The zero-order valence-electron chi connectivity index (χ0n) is 72.5. The van der Waals surface area contributed by atoms with Crippen LogP contribution in [-0.4, -0.2) is 156 Å². The van der Waals surface area contributed by atoms with Gasteiger partial charge in [-0.2, -0.15) is 0 Å². The van der Waals surface area contributed by atoms with Gasteiger partial charge in [-0.25, -0.2) is 0 Å². The number of hydrogen-bond acceptors (Lipinski definition) is 11. The fraction of sp³-hybridized carbons (Fsp3) is 0.419. The molecule has 3 aliphatic heterocycles. The molecule has 6 atom stereocenters. The quantitative estimate of drug-likeness (QED) is 0.0354. The number of hydrogen-bond donors (Lipinski definition) is 3. The highest BCUT2D eigenvalue weighted by atomic mass is 16.5. The minimum Gasteiger partial charge on any atom is -0.497 e. The summed E-state index contributed by atoms with van der Waals surface area (Å²) in [5.74, 6) is 2.17. The second-order valence-electron chi connectivity index (χ2n) is 35.5. The van der Waals surface area contributed by atoms with Crippen LogP contribution >= 0.6 is 0 Å². The number of rotatable bonds is 31. The predicted molar refractivity (Wildman–Crippen MR) is 493 cm³/mol. The molecule has 3 saturated carbocycles. The zero-order valence-corrected chi connectivity index (χ0v) is 72.5. The van der Waals surface area contributed by atoms with Crippen LogP contribution in [-0.2, 0) is 87.2 Å². The van der Waals surface area contributed by atoms with E-state index in [1.165, 1.54) is 99.3 Å². The number of nitrogens with zero attached hydrogens (tertiary/aromatic N) is 7. The lowest BCUT2D eigenvalue weighted by Gasteiger charge is -2.36. The van der Waals surface area contributed by atoms with E-state index in [0.29, 0.717) is 62.7 Å². The number of fused-ring (bicyclic) bond motifs is 8. The van der Waals surface area contributed by atoms with Gasteiger partial charge in [-0.15, -0.1) is 0 Å². The lowest BCUT2D eigenvalue weighted by atomic mass is 9.79. The maximum atomic E-state index is 14.7. The van der Waals surface area contributed by atoms with Crippen molar-refractivity contribution in [3.05, 3.63) is 262 Å². The van der Waals surface area contributed by atoms with Crippen molar-refractivity contribution < 1.29 is 37.7 Å². The molecule has 4 aliphatic carbocycles. The van der Waals surface area contributed by atoms with Crippen LogP contribution in [0.15, 0.2) is 217 Å². The Morgan fingerprint density at radius 3 is 1.33 bits per heavy atom. The average Bonchev–Trinajstić information content (AvgIpc) is 1.62. The molecule has 0 spiro atoms. The molecule has 3 N–H and O–H groups in total. The van der Waals surface area contributed by atoms with Crippen molar-refractivity contribution >= 4 is 89.3 Å². The summed E-state index contributed by atoms with van der Waals surface area (Å²) >= 11 is 0. The maximum Gasteiger partial charge on any atom is 0.228 e. The summed E-state index contributed by atoms with van der Waals surface area (Å²) < 4.78 is 37.3. The number of piperidine rings is 3. The van der Waals surface area contributed by atoms with Crippen molar-refractivity contribution in [3.8, 4) is 5.75 Å². The highest BCUT2D eigenvalue weighted by molar-refractivity contribution is 6.06. The molecule has 5 aromatic heterocycles. The molecule has 7 aliphatic rings. The van der Waals surface area contributed by atoms with Crippen LogP contribution in [0.4, 0.5) is 0 Å². The Labute approximate surface area is 723 Å². The zero-order chi connectivity index (χ0) is 83.9. The van der Waals surface area contributed by atoms with Gasteiger partial charge in [0.25, 0.3) is 0 Å². The predicted octanol–water partition coefficient (Wildman–Crippen LogP) is 18.6. The molecule has 3 amide bonds. The van der Waals surface area contributed by atoms with Crippen LogP contribution in [0.25, 0.3) is 71.6 Å². The van der Waals surface area contributed by atoms with Crippen LogP contribution in [0.5, 0.6) is 5.75 Å². The van der Waals surface area contributed by atoms with Gasteiger partial charge in [0.15, 0.2) is 0 Å². The summed E-state index contributed by atoms with van der Waals surface area (Å²) in [6, 6.07) is 65.5. The standard InChI is InChI=1S/C40H48N4O3.C34H37N3O3.C31H37N3O2/c1-4-28-20-29(22-32(21-28)47-3)24-43-27-37(35-11-6-8-13-39(35)43)34-16-17-41-23-36(34)40(45)44(31-14-15-31)26-30-25-42(18-9-19-46-2)38-12-7-5-10-33(30)38;1-39-19-7-18-36-21-23(25-8-2-4-12-31(25)36)22-37(24-14-15-24)34(38)30-20-35-17-16-26(30)28-10-6-11-29-27-9-3-5-13-32(27)40-33(28)29;1-36-16-6-15-33-20-25(28-9-4-5-10-30(28)33)21-34(26-11-12-26)31(35)29-19-32-14-13-27(29)24-17-22-7-2-3-8-23(22)18-24/h5-8,10-13,20-22,25,27,31,34,36,41H,4,9,14-19,23-24,26H2,1-3H3;2-6,8-13,21,24,26,30,35H,7,14-20,22H2,1H3;2-5,7-10,17,20,26-27,29,32H,6,11-16,18-19,21H2,1H3/t34-,36-;26-,30+;27-,29+/m011/s1. The second kappa shape index (κ2) is 38.3. The highest BCUT2D eigenvalue weighted by Crippen LogP contribution is 2.46. The van der Waals surface area contributed by atoms with Gasteiger partial charge in [-0.3, -0.25) is 14.4 Å². The lowest BCUT2D eigenvalue weighted by Crippen LogP contribution is -2.48. The van der Waals surface area contributed by atoms with Crippen LogP contribution in [0.3, 0.4) is 0 Å². The van der Waals surface area contributed by atoms with E-state index >= 15 is 0 Å². The van der Waals surface area contributed by atoms with Crippen LogP contribution < -0.4 is 20.7 Å². The van der Waals surface area contributed by atoms with Crippen molar-refractivity contribution in [2.45, 2.75) is 173 Å². The third kappa shape index (κ3) is 18.2. The van der Waals surface area contributed by atoms with Gasteiger partial charge in [-0.05, 0) is 208 Å². The van der Waals surface area contributed by atoms with E-state index in [2.05, 4.69) is 257 Å². The van der Waals surface area contributed by atoms with E-state index in [1.54, 1.807) is 28.4 Å². The summed E-state index contributed by atoms with van der Waals surface area (Å²) in [6.07, 6.45) is 25.8. The second-order valence-corrected chi connectivity index (χ2v) is 35.5. The summed E-state index contributed by atoms with van der Waals surface area (Å²) in [6.45, 7) is 14.9. The number of amides is 3. The molecule has 13 aromatic rings. The van der Waals surface area contributed by atoms with Crippen molar-refractivity contribution in [3.63, 3.8) is 0 Å². The molecule has 8 heterocycles. The normalized spacial score (nSPS) is 19.6. The molecule has 8 aromatic carbocycles. The molecule has 0 bridgehead atoms. The third-order valence-corrected chi connectivity index (χ3v) is 27.4. The molecule has 640 valence electrons. The average molecular weight is 1650 g/mol. The van der Waals surface area contributed by atoms with Gasteiger partial charge < -0.3 is 72.3 Å². The smallest absolute Gasteiger partial charge is 0.228 e. The van der Waals surface area contributed by atoms with Gasteiger partial charge in [0.2, 0.25) is 17.7 Å². The number of aromatic nitrogens is 4. The number of nitrogens with one attached hydrogen (secondary N) is 3. The summed E-state index contributed by atoms with van der Waals surface area (Å²) in [7, 11) is 7.00. The van der Waals surface area contributed by atoms with Crippen molar-refractivity contribution in [1.82, 2.24) is 48.9 Å². The van der Waals surface area contributed by atoms with Gasteiger partial charge in [0, 0.05) is 216 Å². The van der Waals surface area contributed by atoms with E-state index in [0.717, 1.165) is 190 Å². The maximum absolute atomic E-state index is 14.7. The SMILES string of the molecule is CCc1cc(Cn2cc([C@H]3CCNC[C@@H]3C(=O)N(Cc3cn(CCCOC)c4ccccc34)C3CC3)c3ccccc32)cc(OC)c1.COCCCn1cc(CN(C(=O)[C@H]2CNCC[C@@H]2C2=Cc3ccccc3C2)C2CC2)c2ccccc21.COCCCn1cc(CN(C(=O)[C@H]2CNCC[C@@H]2c2cccc3c2oc2ccccc23)C2CC2)c2ccccc21. The third-order valence-electron chi connectivity index (χ3n) is 27.4. The fourth-order valence-electron chi connectivity index (χ4n) is 20.7. The van der Waals surface area contributed by atoms with Crippen LogP contribution in [0.2, 0.25) is 0 Å². The molecule has 0 radical (unpaired) electrons. The summed E-state index contributed by atoms with van der Waals surface area (Å²) in [4.78, 5) is 50.0. The van der Waals surface area contributed by atoms with E-state index in [-0.39, 0.29) is 41.4 Å². The Balaban J connectivity index is 0.000000127. The summed E-state index contributed by atoms with van der Waals surface area (Å²) in [5.41, 5.74) is 19.6. The first kappa shape index (κ1) is 83.3. The molecule has 18 nitrogen and oxygen atoms in total. The van der Waals surface area contributed by atoms with Gasteiger partial charge in [-0.1, -0.05) is 158 Å². The summed E-state index contributed by atoms with van der Waals surface area (Å²) in [5, 5.41) is 17.9. The number of methoxy groups -OCH3 is 4. The lowest BCUT2D eigenvalue weighted by molar-refractivity contribution is -0.139. The Kier molecular flexibility index (Phi) is 25.9. The van der Waals surface area contributed by atoms with Crippen molar-refractivity contribution in [2.75, 3.05) is 87.5 Å². The first-order valence-corrected chi connectivity index (χ1v) is 45.7. The molecule has 3 saturated heterocycles. The number of carbonyl (C=O) groups is 3. The molecular weight excluding hydrogens is 1530 g/mol. The monoisotopic (exact) mass is 1650 g/mol. The minimum atomic E-state index is -0.122. The number of furan rings is 1. The molecule has 123 heavy (non-hydrogen) atoms. The topological polar surface area (TPSA) is 167 Å². The minimum absolute atomic E-state index is 0.00923. The molecule has 18 heteroatoms. The Hall–Kier alpha value is -10.6. The van der Waals surface area contributed by atoms with E-state index in [9.17, 15) is 14.4 Å². The van der Waals surface area contributed by atoms with Gasteiger partial charge in [0.1, 0.15) is 16.9 Å². The first-order valence-electron chi connectivity index (χ1n) is 45.7. The van der Waals surface area contributed by atoms with Crippen molar-refractivity contribution in [2.24, 2.45) is 23.7 Å². The number of para-hydroxylation sites is 6. The first-order chi connectivity index (χ1) is 60.5. The molecule has 20 rings (SSSR count). The Bertz CT molecular complexity index is 5890. The van der Waals surface area contributed by atoms with E-state index in [1.807, 2.05) is 12.1 Å². The number of carbonyl (C=O) groups excluding carboxylic acids is 3. The number of ether oxygens (including phenoxy) is 4. The highest BCUT2D eigenvalue weighted by Gasteiger charge is 2.45. The fourth-order valence-corrected chi connectivity index (χ4v) is 20.7. The van der Waals surface area contributed by atoms with Crippen LogP contribution in [0, 0.1) is 23.7 Å². The largest absolute Gasteiger partial charge is 0.497 e. The number of allylic oxidation sites excluding steroid dienone is 1. The number of benzene rings is 8. The molecular formula is C105H122N10O8. The van der Waals surface area contributed by atoms with E-state index < -0.39 is 0 Å². The van der Waals surface area contributed by atoms with Gasteiger partial charge in [0.05, 0.1) is 24.9 Å². The molecule has 0 unspecified atom stereocenters. The Morgan fingerprint density at radius 2 is 0.846 bits per heavy atom. The van der Waals surface area contributed by atoms with Crippen LogP contribution in [0.1, 0.15) is 146 Å².